The van der Waals surface area contributed by atoms with Crippen LogP contribution in [-0.2, 0) is 13.1 Å². The molecule has 0 aromatic heterocycles. The molecule has 0 N–H and O–H groups in total. The van der Waals surface area contributed by atoms with Crippen LogP contribution in [0.2, 0.25) is 5.02 Å². The third kappa shape index (κ3) is 4.47. The molecule has 0 heterocycles. The van der Waals surface area contributed by atoms with Crippen LogP contribution in [0.25, 0.3) is 0 Å². The number of benzene rings is 3. The summed E-state index contributed by atoms with van der Waals surface area (Å²) in [5, 5.41) is 0.790. The first kappa shape index (κ1) is 16.8. The Morgan fingerprint density at radius 2 is 1.29 bits per heavy atom. The standard InChI is InChI=1S/C22H22ClN/c1-18(21-13-8-14-22(23)15-21)24(16-19-9-4-2-5-10-19)17-20-11-6-3-7-12-20/h2-15,18H,16-17H2,1H3/t18-/m0/s1. The number of halogens is 1. The summed E-state index contributed by atoms with van der Waals surface area (Å²) >= 11 is 6.20. The Morgan fingerprint density at radius 1 is 0.750 bits per heavy atom. The molecule has 2 heteroatoms. The Kier molecular flexibility index (Phi) is 5.68. The van der Waals surface area contributed by atoms with E-state index in [1.807, 2.05) is 12.1 Å². The molecule has 1 atom stereocenters. The van der Waals surface area contributed by atoms with Gasteiger partial charge in [0.05, 0.1) is 0 Å². The van der Waals surface area contributed by atoms with Crippen LogP contribution in [0.3, 0.4) is 0 Å². The topological polar surface area (TPSA) is 3.24 Å². The van der Waals surface area contributed by atoms with Crippen LogP contribution in [0.15, 0.2) is 84.9 Å². The normalized spacial score (nSPS) is 12.3. The van der Waals surface area contributed by atoms with E-state index in [4.69, 9.17) is 11.6 Å². The molecule has 0 saturated carbocycles. The summed E-state index contributed by atoms with van der Waals surface area (Å²) in [7, 11) is 0. The first-order valence-electron chi connectivity index (χ1n) is 8.30. The van der Waals surface area contributed by atoms with E-state index in [0.717, 1.165) is 18.1 Å². The number of rotatable bonds is 6. The summed E-state index contributed by atoms with van der Waals surface area (Å²) in [5.41, 5.74) is 3.89. The van der Waals surface area contributed by atoms with Crippen LogP contribution in [0.5, 0.6) is 0 Å². The molecule has 0 spiro atoms. The molecule has 3 aromatic carbocycles. The Balaban J connectivity index is 1.85. The summed E-state index contributed by atoms with van der Waals surface area (Å²) in [5.74, 6) is 0. The summed E-state index contributed by atoms with van der Waals surface area (Å²) in [6, 6.07) is 29.7. The fourth-order valence-electron chi connectivity index (χ4n) is 2.94. The predicted octanol–water partition coefficient (Wildman–Crippen LogP) is 6.10. The van der Waals surface area contributed by atoms with Gasteiger partial charge in [-0.05, 0) is 35.7 Å². The van der Waals surface area contributed by atoms with E-state index in [1.165, 1.54) is 16.7 Å². The summed E-state index contributed by atoms with van der Waals surface area (Å²) in [6.07, 6.45) is 0. The molecule has 3 aromatic rings. The Morgan fingerprint density at radius 3 is 1.79 bits per heavy atom. The highest BCUT2D eigenvalue weighted by Crippen LogP contribution is 2.26. The fourth-order valence-corrected chi connectivity index (χ4v) is 3.14. The zero-order valence-electron chi connectivity index (χ0n) is 13.9. The van der Waals surface area contributed by atoms with Crippen molar-refractivity contribution in [3.8, 4) is 0 Å². The zero-order valence-corrected chi connectivity index (χ0v) is 14.7. The van der Waals surface area contributed by atoms with Crippen molar-refractivity contribution in [2.45, 2.75) is 26.1 Å². The van der Waals surface area contributed by atoms with Gasteiger partial charge in [-0.1, -0.05) is 84.4 Å². The average molecular weight is 336 g/mol. The van der Waals surface area contributed by atoms with E-state index in [0.29, 0.717) is 0 Å². The van der Waals surface area contributed by atoms with E-state index in [2.05, 4.69) is 84.6 Å². The van der Waals surface area contributed by atoms with Gasteiger partial charge in [-0.3, -0.25) is 4.90 Å². The van der Waals surface area contributed by atoms with E-state index < -0.39 is 0 Å². The van der Waals surface area contributed by atoms with Gasteiger partial charge in [0.2, 0.25) is 0 Å². The first-order valence-corrected chi connectivity index (χ1v) is 8.67. The van der Waals surface area contributed by atoms with Crippen molar-refractivity contribution >= 4 is 11.6 Å². The van der Waals surface area contributed by atoms with Crippen molar-refractivity contribution in [2.24, 2.45) is 0 Å². The van der Waals surface area contributed by atoms with Crippen molar-refractivity contribution in [3.05, 3.63) is 107 Å². The molecule has 3 rings (SSSR count). The summed E-state index contributed by atoms with van der Waals surface area (Å²) in [4.78, 5) is 2.48. The van der Waals surface area contributed by atoms with Crippen LogP contribution in [0.4, 0.5) is 0 Å². The Bertz CT molecular complexity index is 714. The van der Waals surface area contributed by atoms with Crippen LogP contribution in [0.1, 0.15) is 29.7 Å². The van der Waals surface area contributed by atoms with Gasteiger partial charge in [0.25, 0.3) is 0 Å². The third-order valence-electron chi connectivity index (χ3n) is 4.34. The Labute approximate surface area is 149 Å². The van der Waals surface area contributed by atoms with Crippen LogP contribution in [-0.4, -0.2) is 4.90 Å². The molecule has 0 fully saturated rings. The molecule has 0 bridgehead atoms. The van der Waals surface area contributed by atoms with E-state index >= 15 is 0 Å². The minimum atomic E-state index is 0.282. The van der Waals surface area contributed by atoms with E-state index in [9.17, 15) is 0 Å². The van der Waals surface area contributed by atoms with Gasteiger partial charge in [0, 0.05) is 24.2 Å². The average Bonchev–Trinajstić information content (AvgIpc) is 2.62. The maximum atomic E-state index is 6.20. The highest BCUT2D eigenvalue weighted by Gasteiger charge is 2.17. The van der Waals surface area contributed by atoms with Crippen molar-refractivity contribution in [3.63, 3.8) is 0 Å². The molecule has 0 saturated heterocycles. The fraction of sp³-hybridized carbons (Fsp3) is 0.182. The Hall–Kier alpha value is -2.09. The van der Waals surface area contributed by atoms with Crippen molar-refractivity contribution in [1.82, 2.24) is 4.90 Å². The predicted molar refractivity (Wildman–Crippen MR) is 102 cm³/mol. The smallest absolute Gasteiger partial charge is 0.0409 e. The quantitative estimate of drug-likeness (QED) is 0.525. The van der Waals surface area contributed by atoms with Gasteiger partial charge in [-0.15, -0.1) is 0 Å². The lowest BCUT2D eigenvalue weighted by molar-refractivity contribution is 0.192. The minimum absolute atomic E-state index is 0.282. The van der Waals surface area contributed by atoms with Gasteiger partial charge in [0.15, 0.2) is 0 Å². The molecule has 0 aliphatic heterocycles. The second-order valence-corrected chi connectivity index (χ2v) is 6.54. The van der Waals surface area contributed by atoms with Crippen molar-refractivity contribution in [2.75, 3.05) is 0 Å². The maximum Gasteiger partial charge on any atom is 0.0409 e. The van der Waals surface area contributed by atoms with Gasteiger partial charge in [-0.2, -0.15) is 0 Å². The number of hydrogen-bond donors (Lipinski definition) is 0. The third-order valence-corrected chi connectivity index (χ3v) is 4.57. The molecule has 0 amide bonds. The van der Waals surface area contributed by atoms with Gasteiger partial charge in [-0.25, -0.2) is 0 Å². The zero-order chi connectivity index (χ0) is 16.8. The largest absolute Gasteiger partial charge is 0.288 e. The van der Waals surface area contributed by atoms with Crippen molar-refractivity contribution < 1.29 is 0 Å². The second-order valence-electron chi connectivity index (χ2n) is 6.11. The molecule has 122 valence electrons. The molecule has 24 heavy (non-hydrogen) atoms. The van der Waals surface area contributed by atoms with Crippen LogP contribution >= 0.6 is 11.6 Å². The summed E-state index contributed by atoms with van der Waals surface area (Å²) in [6.45, 7) is 4.06. The van der Waals surface area contributed by atoms with Gasteiger partial charge < -0.3 is 0 Å². The monoisotopic (exact) mass is 335 g/mol. The van der Waals surface area contributed by atoms with Crippen LogP contribution in [0, 0.1) is 0 Å². The minimum Gasteiger partial charge on any atom is -0.288 e. The number of nitrogens with zero attached hydrogens (tertiary/aromatic N) is 1. The lowest BCUT2D eigenvalue weighted by Crippen LogP contribution is -2.26. The molecule has 1 nitrogen and oxygen atoms in total. The lowest BCUT2D eigenvalue weighted by atomic mass is 10.0. The van der Waals surface area contributed by atoms with Gasteiger partial charge >= 0.3 is 0 Å². The molecule has 0 aliphatic carbocycles. The van der Waals surface area contributed by atoms with E-state index in [1.54, 1.807) is 0 Å². The maximum absolute atomic E-state index is 6.20. The molecule has 0 aliphatic rings. The van der Waals surface area contributed by atoms with E-state index in [-0.39, 0.29) is 6.04 Å². The second kappa shape index (κ2) is 8.14. The van der Waals surface area contributed by atoms with Crippen LogP contribution < -0.4 is 0 Å². The number of hydrogen-bond acceptors (Lipinski definition) is 1. The summed E-state index contributed by atoms with van der Waals surface area (Å²) < 4.78 is 0. The van der Waals surface area contributed by atoms with Gasteiger partial charge in [0.1, 0.15) is 0 Å². The molecular weight excluding hydrogens is 314 g/mol. The highest BCUT2D eigenvalue weighted by molar-refractivity contribution is 6.30. The lowest BCUT2D eigenvalue weighted by Gasteiger charge is -2.30. The van der Waals surface area contributed by atoms with Crippen molar-refractivity contribution in [1.29, 1.82) is 0 Å². The first-order chi connectivity index (χ1) is 11.7. The molecule has 0 unspecified atom stereocenters. The molecule has 0 radical (unpaired) electrons. The highest BCUT2D eigenvalue weighted by atomic mass is 35.5. The SMILES string of the molecule is C[C@@H](c1cccc(Cl)c1)N(Cc1ccccc1)Cc1ccccc1. The molecular formula is C22H22ClN.